The highest BCUT2D eigenvalue weighted by molar-refractivity contribution is 7.17. The van der Waals surface area contributed by atoms with E-state index in [9.17, 15) is 46.1 Å². The van der Waals surface area contributed by atoms with Crippen molar-refractivity contribution in [2.75, 3.05) is 26.3 Å². The zero-order chi connectivity index (χ0) is 30.4. The molecular weight excluding hydrogens is 580 g/mol. The van der Waals surface area contributed by atoms with Gasteiger partial charge in [-0.3, -0.25) is 9.59 Å². The molecular formula is C26H29F6N3O5S. The van der Waals surface area contributed by atoms with E-state index in [-0.39, 0.29) is 39.3 Å². The Morgan fingerprint density at radius 3 is 2.34 bits per heavy atom. The van der Waals surface area contributed by atoms with Crippen LogP contribution in [0.15, 0.2) is 18.2 Å². The normalized spacial score (nSPS) is 19.9. The van der Waals surface area contributed by atoms with Gasteiger partial charge in [0.1, 0.15) is 5.69 Å². The maximum atomic E-state index is 13.5. The van der Waals surface area contributed by atoms with E-state index in [0.29, 0.717) is 44.7 Å². The first-order valence-corrected chi connectivity index (χ1v) is 13.7. The SMILES string of the molecule is Cc1cc(C(O)(C(F)(F)F)C(F)(F)F)ccc1-c1sc(C(=O)NCC2(O)CCOCC2)nc1C(=O)N1CCC[C@@H]1C. The second-order valence-electron chi connectivity index (χ2n) is 10.4. The minimum atomic E-state index is -6.06. The number of hydrogen-bond acceptors (Lipinski definition) is 7. The average Bonchev–Trinajstić information content (AvgIpc) is 3.52. The van der Waals surface area contributed by atoms with Gasteiger partial charge >= 0.3 is 12.4 Å². The van der Waals surface area contributed by atoms with Gasteiger partial charge in [-0.15, -0.1) is 11.3 Å². The van der Waals surface area contributed by atoms with E-state index >= 15 is 0 Å². The van der Waals surface area contributed by atoms with Crippen LogP contribution in [0.25, 0.3) is 10.4 Å². The number of ether oxygens (including phenoxy) is 1. The molecule has 1 aromatic heterocycles. The monoisotopic (exact) mass is 609 g/mol. The number of nitrogens with zero attached hydrogens (tertiary/aromatic N) is 2. The largest absolute Gasteiger partial charge is 0.430 e. The van der Waals surface area contributed by atoms with E-state index in [4.69, 9.17) is 4.74 Å². The molecule has 3 N–H and O–H groups in total. The summed E-state index contributed by atoms with van der Waals surface area (Å²) < 4.78 is 85.9. The average molecular weight is 610 g/mol. The summed E-state index contributed by atoms with van der Waals surface area (Å²) in [7, 11) is 0. The molecule has 1 atom stereocenters. The molecule has 1 aromatic carbocycles. The minimum Gasteiger partial charge on any atom is -0.388 e. The van der Waals surface area contributed by atoms with Crippen LogP contribution in [0.4, 0.5) is 26.3 Å². The number of hydrogen-bond donors (Lipinski definition) is 3. The lowest BCUT2D eigenvalue weighted by Gasteiger charge is -2.33. The molecule has 2 amide bonds. The smallest absolute Gasteiger partial charge is 0.388 e. The van der Waals surface area contributed by atoms with Gasteiger partial charge in [0.15, 0.2) is 5.01 Å². The van der Waals surface area contributed by atoms with Crippen molar-refractivity contribution in [1.29, 1.82) is 0 Å². The van der Waals surface area contributed by atoms with Crippen LogP contribution in [-0.2, 0) is 10.3 Å². The zero-order valence-corrected chi connectivity index (χ0v) is 23.0. The summed E-state index contributed by atoms with van der Waals surface area (Å²) in [5.74, 6) is -1.24. The highest BCUT2D eigenvalue weighted by atomic mass is 32.1. The first kappa shape index (κ1) is 31.2. The standard InChI is InChI=1S/C26H29F6N3O5S/c1-14-12-16(24(39,25(27,28)29)26(30,31)32)5-6-17(14)19-18(22(37)35-9-3-4-15(35)2)34-21(41-19)20(36)33-13-23(38)7-10-40-11-8-23/h5-6,12,15,38-39H,3-4,7-11,13H2,1-2H3,(H,33,36)/t15-/m0/s1. The zero-order valence-electron chi connectivity index (χ0n) is 22.2. The lowest BCUT2D eigenvalue weighted by molar-refractivity contribution is -0.376. The summed E-state index contributed by atoms with van der Waals surface area (Å²) in [4.78, 5) is 32.4. The van der Waals surface area contributed by atoms with Crippen molar-refractivity contribution in [2.45, 2.75) is 69.1 Å². The molecule has 0 aliphatic carbocycles. The second kappa shape index (κ2) is 11.2. The summed E-state index contributed by atoms with van der Waals surface area (Å²) in [5, 5.41) is 22.9. The van der Waals surface area contributed by atoms with E-state index in [0.717, 1.165) is 30.2 Å². The third-order valence-electron chi connectivity index (χ3n) is 7.55. The predicted molar refractivity (Wildman–Crippen MR) is 135 cm³/mol. The van der Waals surface area contributed by atoms with Crippen LogP contribution in [0.2, 0.25) is 0 Å². The van der Waals surface area contributed by atoms with Crippen LogP contribution in [0.3, 0.4) is 0 Å². The maximum absolute atomic E-state index is 13.5. The van der Waals surface area contributed by atoms with Crippen LogP contribution in [0, 0.1) is 6.92 Å². The Hall–Kier alpha value is -2.75. The quantitative estimate of drug-likeness (QED) is 0.421. The summed E-state index contributed by atoms with van der Waals surface area (Å²) >= 11 is 0.749. The molecule has 2 aliphatic rings. The van der Waals surface area contributed by atoms with Crippen LogP contribution < -0.4 is 5.32 Å². The van der Waals surface area contributed by atoms with Gasteiger partial charge in [0.2, 0.25) is 0 Å². The number of rotatable bonds is 6. The summed E-state index contributed by atoms with van der Waals surface area (Å²) in [6.45, 7) is 3.99. The van der Waals surface area contributed by atoms with Crippen LogP contribution in [0.5, 0.6) is 0 Å². The maximum Gasteiger partial charge on any atom is 0.430 e. The Labute approximate surface area is 235 Å². The first-order chi connectivity index (χ1) is 19.0. The molecule has 2 aromatic rings. The number of benzene rings is 1. The Morgan fingerprint density at radius 2 is 1.80 bits per heavy atom. The fraction of sp³-hybridized carbons (Fsp3) is 0.577. The first-order valence-electron chi connectivity index (χ1n) is 12.9. The van der Waals surface area contributed by atoms with Gasteiger partial charge in [0.25, 0.3) is 17.4 Å². The second-order valence-corrected chi connectivity index (χ2v) is 11.4. The molecule has 15 heteroatoms. The highest BCUT2D eigenvalue weighted by Gasteiger charge is 2.71. The number of aromatic nitrogens is 1. The number of nitrogens with one attached hydrogen (secondary N) is 1. The lowest BCUT2D eigenvalue weighted by Crippen LogP contribution is -2.53. The van der Waals surface area contributed by atoms with Crippen molar-refractivity contribution in [3.8, 4) is 10.4 Å². The van der Waals surface area contributed by atoms with Gasteiger partial charge in [-0.1, -0.05) is 18.2 Å². The molecule has 0 saturated carbocycles. The van der Waals surface area contributed by atoms with Gasteiger partial charge in [-0.05, 0) is 37.8 Å². The number of thiazole rings is 1. The Balaban J connectivity index is 1.73. The van der Waals surface area contributed by atoms with Gasteiger partial charge in [0.05, 0.1) is 10.5 Å². The highest BCUT2D eigenvalue weighted by Crippen LogP contribution is 2.50. The number of carbonyl (C=O) groups excluding carboxylic acids is 2. The van der Waals surface area contributed by atoms with Crippen molar-refractivity contribution >= 4 is 23.2 Å². The van der Waals surface area contributed by atoms with E-state index in [2.05, 4.69) is 10.3 Å². The molecule has 41 heavy (non-hydrogen) atoms. The molecule has 0 bridgehead atoms. The third-order valence-corrected chi connectivity index (χ3v) is 8.64. The van der Waals surface area contributed by atoms with Gasteiger partial charge in [-0.2, -0.15) is 26.3 Å². The van der Waals surface area contributed by atoms with Crippen molar-refractivity contribution in [3.63, 3.8) is 0 Å². The number of amides is 2. The number of alkyl halides is 6. The topological polar surface area (TPSA) is 112 Å². The number of aryl methyl sites for hydroxylation is 1. The molecule has 3 heterocycles. The van der Waals surface area contributed by atoms with Crippen LogP contribution >= 0.6 is 11.3 Å². The van der Waals surface area contributed by atoms with Gasteiger partial charge < -0.3 is 25.2 Å². The van der Waals surface area contributed by atoms with Crippen LogP contribution in [0.1, 0.15) is 64.0 Å². The van der Waals surface area contributed by atoms with Crippen molar-refractivity contribution in [1.82, 2.24) is 15.2 Å². The van der Waals surface area contributed by atoms with Crippen molar-refractivity contribution in [2.24, 2.45) is 0 Å². The molecule has 0 unspecified atom stereocenters. The molecule has 0 spiro atoms. The fourth-order valence-electron chi connectivity index (χ4n) is 5.00. The molecule has 8 nitrogen and oxygen atoms in total. The van der Waals surface area contributed by atoms with Crippen LogP contribution in [-0.4, -0.2) is 82.2 Å². The molecule has 2 fully saturated rings. The van der Waals surface area contributed by atoms with E-state index in [1.54, 1.807) is 4.90 Å². The lowest BCUT2D eigenvalue weighted by atomic mass is 9.89. The van der Waals surface area contributed by atoms with E-state index in [1.807, 2.05) is 6.92 Å². The molecule has 2 aliphatic heterocycles. The number of halogens is 6. The fourth-order valence-corrected chi connectivity index (χ4v) is 6.06. The van der Waals surface area contributed by atoms with E-state index in [1.165, 1.54) is 6.92 Å². The third kappa shape index (κ3) is 5.94. The number of carbonyl (C=O) groups is 2. The number of likely N-dealkylation sites (tertiary alicyclic amines) is 1. The Kier molecular flexibility index (Phi) is 8.48. The summed E-state index contributed by atoms with van der Waals surface area (Å²) in [6, 6.07) is 1.85. The van der Waals surface area contributed by atoms with E-state index < -0.39 is 40.9 Å². The minimum absolute atomic E-state index is 0.0789. The number of aliphatic hydroxyl groups is 2. The van der Waals surface area contributed by atoms with Crippen molar-refractivity contribution < 1.29 is 50.9 Å². The molecule has 4 rings (SSSR count). The Morgan fingerprint density at radius 1 is 1.17 bits per heavy atom. The van der Waals surface area contributed by atoms with Gasteiger partial charge in [-0.25, -0.2) is 4.98 Å². The Bertz CT molecular complexity index is 1290. The van der Waals surface area contributed by atoms with Gasteiger partial charge in [0, 0.05) is 50.8 Å². The predicted octanol–water partition coefficient (Wildman–Crippen LogP) is 4.33. The van der Waals surface area contributed by atoms with Crippen molar-refractivity contribution in [3.05, 3.63) is 40.0 Å². The molecule has 0 radical (unpaired) electrons. The molecule has 2 saturated heterocycles. The summed E-state index contributed by atoms with van der Waals surface area (Å²) in [5.41, 5.74) is -7.95. The molecule has 226 valence electrons. The summed E-state index contributed by atoms with van der Waals surface area (Å²) in [6.07, 6.45) is -10.1.